The largest absolute Gasteiger partial charge is 0.478 e. The molecule has 0 fully saturated rings. The van der Waals surface area contributed by atoms with E-state index in [2.05, 4.69) is 29.2 Å². The molecule has 126 valence electrons. The first-order valence-corrected chi connectivity index (χ1v) is 8.26. The highest BCUT2D eigenvalue weighted by molar-refractivity contribution is 5.87. The Morgan fingerprint density at radius 3 is 2.23 bits per heavy atom. The number of aliphatic carboxylic acids is 1. The van der Waals surface area contributed by atoms with Gasteiger partial charge in [-0.2, -0.15) is 0 Å². The van der Waals surface area contributed by atoms with E-state index in [4.69, 9.17) is 5.11 Å². The molecule has 0 saturated carbocycles. The van der Waals surface area contributed by atoms with E-state index in [1.165, 1.54) is 0 Å². The number of hydrogen-bond donors (Lipinski definition) is 1. The number of hydrogen-bond acceptors (Lipinski definition) is 2. The van der Waals surface area contributed by atoms with Crippen LogP contribution in [0.5, 0.6) is 0 Å². The zero-order valence-electron chi connectivity index (χ0n) is 13.9. The van der Waals surface area contributed by atoms with E-state index in [1.54, 1.807) is 6.08 Å². The van der Waals surface area contributed by atoms with Gasteiger partial charge in [0.05, 0.1) is 11.4 Å². The summed E-state index contributed by atoms with van der Waals surface area (Å²) in [6.07, 6.45) is 4.60. The Balaban J connectivity index is 1.81. The van der Waals surface area contributed by atoms with Crippen LogP contribution in [0.4, 0.5) is 0 Å². The minimum Gasteiger partial charge on any atom is -0.478 e. The van der Waals surface area contributed by atoms with Gasteiger partial charge in [0, 0.05) is 17.8 Å². The third-order valence-electron chi connectivity index (χ3n) is 4.22. The topological polar surface area (TPSA) is 54.6 Å². The number of benzene rings is 2. The standard InChI is InChI=1S/C22H16N2O2/c25-21(26)14-13-19-22(23-20-8-4-5-15-24(19)20)18-11-9-17(10-12-18)16-6-2-1-3-7-16/h1-15H,(H,25,26). The van der Waals surface area contributed by atoms with Gasteiger partial charge in [0.2, 0.25) is 0 Å². The van der Waals surface area contributed by atoms with E-state index in [9.17, 15) is 4.79 Å². The molecule has 0 aliphatic carbocycles. The highest BCUT2D eigenvalue weighted by Gasteiger charge is 2.12. The maximum atomic E-state index is 11.0. The predicted molar refractivity (Wildman–Crippen MR) is 103 cm³/mol. The fourth-order valence-electron chi connectivity index (χ4n) is 2.99. The summed E-state index contributed by atoms with van der Waals surface area (Å²) < 4.78 is 1.89. The van der Waals surface area contributed by atoms with Gasteiger partial charge in [0.25, 0.3) is 0 Å². The molecule has 2 aromatic heterocycles. The van der Waals surface area contributed by atoms with Crippen LogP contribution in [0, 0.1) is 0 Å². The van der Waals surface area contributed by atoms with Crippen molar-refractivity contribution in [3.05, 3.63) is 90.8 Å². The van der Waals surface area contributed by atoms with Gasteiger partial charge in [-0.25, -0.2) is 9.78 Å². The van der Waals surface area contributed by atoms with Crippen LogP contribution in [0.1, 0.15) is 5.69 Å². The second kappa shape index (κ2) is 6.69. The molecule has 0 atom stereocenters. The van der Waals surface area contributed by atoms with E-state index >= 15 is 0 Å². The van der Waals surface area contributed by atoms with Crippen molar-refractivity contribution < 1.29 is 9.90 Å². The minimum atomic E-state index is -0.985. The summed E-state index contributed by atoms with van der Waals surface area (Å²) in [5.74, 6) is -0.985. The molecule has 2 heterocycles. The number of fused-ring (bicyclic) bond motifs is 1. The fraction of sp³-hybridized carbons (Fsp3) is 0. The molecule has 0 saturated heterocycles. The number of carbonyl (C=O) groups is 1. The average Bonchev–Trinajstić information content (AvgIpc) is 3.06. The van der Waals surface area contributed by atoms with E-state index in [1.807, 2.05) is 59.1 Å². The molecule has 4 rings (SSSR count). The molecule has 2 aromatic carbocycles. The maximum Gasteiger partial charge on any atom is 0.328 e. The van der Waals surface area contributed by atoms with Gasteiger partial charge in [0.15, 0.2) is 0 Å². The molecular weight excluding hydrogens is 324 g/mol. The number of aromatic nitrogens is 2. The number of rotatable bonds is 4. The van der Waals surface area contributed by atoms with Crippen LogP contribution in [0.25, 0.3) is 34.1 Å². The second-order valence-corrected chi connectivity index (χ2v) is 5.89. The van der Waals surface area contributed by atoms with Crippen LogP contribution in [-0.2, 0) is 4.79 Å². The third kappa shape index (κ3) is 3.00. The lowest BCUT2D eigenvalue weighted by Gasteiger charge is -2.04. The molecule has 0 unspecified atom stereocenters. The number of carboxylic acids is 1. The van der Waals surface area contributed by atoms with Gasteiger partial charge in [-0.3, -0.25) is 4.40 Å². The maximum absolute atomic E-state index is 11.0. The van der Waals surface area contributed by atoms with Crippen molar-refractivity contribution in [3.8, 4) is 22.4 Å². The highest BCUT2D eigenvalue weighted by atomic mass is 16.4. The molecule has 4 aromatic rings. The number of imidazole rings is 1. The summed E-state index contributed by atoms with van der Waals surface area (Å²) in [7, 11) is 0. The molecular formula is C22H16N2O2. The molecule has 0 aliphatic rings. The molecule has 0 radical (unpaired) electrons. The molecule has 26 heavy (non-hydrogen) atoms. The van der Waals surface area contributed by atoms with Crippen LogP contribution in [0.3, 0.4) is 0 Å². The molecule has 4 heteroatoms. The minimum absolute atomic E-state index is 0.746. The predicted octanol–water partition coefficient (Wildman–Crippen LogP) is 4.77. The Labute approximate surface area is 150 Å². The number of carboxylic acid groups (broad SMARTS) is 1. The Morgan fingerprint density at radius 2 is 1.50 bits per heavy atom. The number of nitrogens with zero attached hydrogens (tertiary/aromatic N) is 2. The molecule has 0 spiro atoms. The fourth-order valence-corrected chi connectivity index (χ4v) is 2.99. The first kappa shape index (κ1) is 15.8. The normalized spacial score (nSPS) is 11.2. The molecule has 0 amide bonds. The van der Waals surface area contributed by atoms with Crippen LogP contribution < -0.4 is 0 Å². The van der Waals surface area contributed by atoms with Crippen molar-refractivity contribution >= 4 is 17.7 Å². The summed E-state index contributed by atoms with van der Waals surface area (Å²) >= 11 is 0. The summed E-state index contributed by atoms with van der Waals surface area (Å²) in [4.78, 5) is 15.6. The summed E-state index contributed by atoms with van der Waals surface area (Å²) in [5, 5.41) is 8.99. The smallest absolute Gasteiger partial charge is 0.328 e. The summed E-state index contributed by atoms with van der Waals surface area (Å²) in [5.41, 5.74) is 5.50. The highest BCUT2D eigenvalue weighted by Crippen LogP contribution is 2.28. The Hall–Kier alpha value is -3.66. The van der Waals surface area contributed by atoms with Gasteiger partial charge in [0.1, 0.15) is 5.65 Å². The molecule has 1 N–H and O–H groups in total. The Kier molecular flexibility index (Phi) is 4.07. The Bertz CT molecular complexity index is 1090. The third-order valence-corrected chi connectivity index (χ3v) is 4.22. The quantitative estimate of drug-likeness (QED) is 0.545. The van der Waals surface area contributed by atoms with Crippen molar-refractivity contribution in [1.29, 1.82) is 0 Å². The van der Waals surface area contributed by atoms with E-state index < -0.39 is 5.97 Å². The van der Waals surface area contributed by atoms with Crippen molar-refractivity contribution in [3.63, 3.8) is 0 Å². The second-order valence-electron chi connectivity index (χ2n) is 5.89. The number of pyridine rings is 1. The first-order valence-electron chi connectivity index (χ1n) is 8.26. The zero-order chi connectivity index (χ0) is 17.9. The summed E-state index contributed by atoms with van der Waals surface area (Å²) in [6.45, 7) is 0. The average molecular weight is 340 g/mol. The van der Waals surface area contributed by atoms with Gasteiger partial charge in [-0.05, 0) is 29.3 Å². The van der Waals surface area contributed by atoms with Crippen molar-refractivity contribution in [1.82, 2.24) is 9.38 Å². The molecule has 4 nitrogen and oxygen atoms in total. The SMILES string of the molecule is O=C(O)C=Cc1c(-c2ccc(-c3ccccc3)cc2)nc2ccccn12. The lowest BCUT2D eigenvalue weighted by atomic mass is 10.0. The van der Waals surface area contributed by atoms with Gasteiger partial charge < -0.3 is 5.11 Å². The monoisotopic (exact) mass is 340 g/mol. The van der Waals surface area contributed by atoms with Crippen LogP contribution in [0.15, 0.2) is 85.1 Å². The van der Waals surface area contributed by atoms with Gasteiger partial charge in [-0.15, -0.1) is 0 Å². The van der Waals surface area contributed by atoms with Crippen LogP contribution >= 0.6 is 0 Å². The van der Waals surface area contributed by atoms with Crippen LogP contribution in [0.2, 0.25) is 0 Å². The molecule has 0 bridgehead atoms. The van der Waals surface area contributed by atoms with E-state index in [0.29, 0.717) is 0 Å². The Morgan fingerprint density at radius 1 is 0.846 bits per heavy atom. The lowest BCUT2D eigenvalue weighted by molar-refractivity contribution is -0.131. The van der Waals surface area contributed by atoms with Crippen molar-refractivity contribution in [2.75, 3.05) is 0 Å². The van der Waals surface area contributed by atoms with E-state index in [-0.39, 0.29) is 0 Å². The van der Waals surface area contributed by atoms with Gasteiger partial charge >= 0.3 is 5.97 Å². The van der Waals surface area contributed by atoms with Crippen LogP contribution in [-0.4, -0.2) is 20.5 Å². The van der Waals surface area contributed by atoms with E-state index in [0.717, 1.165) is 39.8 Å². The lowest BCUT2D eigenvalue weighted by Crippen LogP contribution is -1.90. The zero-order valence-corrected chi connectivity index (χ0v) is 13.9. The first-order chi connectivity index (χ1) is 12.7. The summed E-state index contributed by atoms with van der Waals surface area (Å²) in [6, 6.07) is 24.0. The van der Waals surface area contributed by atoms with Crippen molar-refractivity contribution in [2.24, 2.45) is 0 Å². The van der Waals surface area contributed by atoms with Crippen molar-refractivity contribution in [2.45, 2.75) is 0 Å². The van der Waals surface area contributed by atoms with Gasteiger partial charge in [-0.1, -0.05) is 60.7 Å². The molecule has 0 aliphatic heterocycles.